The van der Waals surface area contributed by atoms with Crippen LogP contribution >= 0.6 is 0 Å². The SMILES string of the molecule is CCC(=CC#N)CC(=O)O. The summed E-state index contributed by atoms with van der Waals surface area (Å²) in [7, 11) is 0. The zero-order valence-electron chi connectivity index (χ0n) is 5.79. The highest BCUT2D eigenvalue weighted by Crippen LogP contribution is 2.04. The minimum Gasteiger partial charge on any atom is -0.481 e. The minimum atomic E-state index is -0.886. The second-order valence-corrected chi connectivity index (χ2v) is 1.86. The molecule has 0 rings (SSSR count). The highest BCUT2D eigenvalue weighted by atomic mass is 16.4. The third-order valence-electron chi connectivity index (χ3n) is 1.10. The molecule has 1 N–H and O–H groups in total. The summed E-state index contributed by atoms with van der Waals surface area (Å²) in [6.07, 6.45) is 1.89. The second kappa shape index (κ2) is 4.57. The first kappa shape index (κ1) is 8.70. The van der Waals surface area contributed by atoms with Crippen LogP contribution in [0.25, 0.3) is 0 Å². The quantitative estimate of drug-likeness (QED) is 0.600. The lowest BCUT2D eigenvalue weighted by Crippen LogP contribution is -1.96. The molecule has 0 aliphatic heterocycles. The smallest absolute Gasteiger partial charge is 0.307 e. The Hall–Kier alpha value is -1.30. The fourth-order valence-corrected chi connectivity index (χ4v) is 0.564. The number of rotatable bonds is 3. The molecule has 0 bridgehead atoms. The molecule has 0 aliphatic rings. The predicted octanol–water partition coefficient (Wildman–Crippen LogP) is 1.32. The average molecular weight is 139 g/mol. The summed E-state index contributed by atoms with van der Waals surface area (Å²) in [5, 5.41) is 16.5. The van der Waals surface area contributed by atoms with E-state index < -0.39 is 5.97 Å². The van der Waals surface area contributed by atoms with E-state index in [1.807, 2.05) is 6.92 Å². The zero-order valence-corrected chi connectivity index (χ0v) is 5.79. The van der Waals surface area contributed by atoms with Crippen molar-refractivity contribution in [2.45, 2.75) is 19.8 Å². The van der Waals surface area contributed by atoms with Gasteiger partial charge in [0.2, 0.25) is 0 Å². The summed E-state index contributed by atoms with van der Waals surface area (Å²) in [5.41, 5.74) is 0.662. The van der Waals surface area contributed by atoms with Crippen molar-refractivity contribution in [1.82, 2.24) is 0 Å². The number of allylic oxidation sites excluding steroid dienone is 1. The van der Waals surface area contributed by atoms with Gasteiger partial charge in [-0.15, -0.1) is 0 Å². The third-order valence-corrected chi connectivity index (χ3v) is 1.10. The average Bonchev–Trinajstić information content (AvgIpc) is 1.86. The summed E-state index contributed by atoms with van der Waals surface area (Å²) in [6.45, 7) is 1.83. The van der Waals surface area contributed by atoms with Gasteiger partial charge >= 0.3 is 5.97 Å². The predicted molar refractivity (Wildman–Crippen MR) is 36.2 cm³/mol. The molecule has 3 nitrogen and oxygen atoms in total. The molecule has 0 unspecified atom stereocenters. The standard InChI is InChI=1S/C7H9NO2/c1-2-6(3-4-8)5-7(9)10/h3H,2,5H2,1H3,(H,9,10). The number of aliphatic carboxylic acids is 1. The van der Waals surface area contributed by atoms with E-state index >= 15 is 0 Å². The second-order valence-electron chi connectivity index (χ2n) is 1.86. The van der Waals surface area contributed by atoms with Gasteiger partial charge in [-0.1, -0.05) is 6.92 Å². The molecule has 0 aliphatic carbocycles. The molecule has 0 atom stereocenters. The van der Waals surface area contributed by atoms with E-state index in [1.165, 1.54) is 6.08 Å². The largest absolute Gasteiger partial charge is 0.481 e. The number of carbonyl (C=O) groups is 1. The van der Waals surface area contributed by atoms with Crippen LogP contribution in [0, 0.1) is 11.3 Å². The summed E-state index contributed by atoms with van der Waals surface area (Å²) >= 11 is 0. The van der Waals surface area contributed by atoms with Crippen LogP contribution in [0.4, 0.5) is 0 Å². The maximum absolute atomic E-state index is 10.1. The van der Waals surface area contributed by atoms with E-state index in [0.29, 0.717) is 12.0 Å². The fraction of sp³-hybridized carbons (Fsp3) is 0.429. The molecule has 0 spiro atoms. The molecule has 0 saturated heterocycles. The molecule has 0 amide bonds. The molecular formula is C7H9NO2. The Labute approximate surface area is 59.6 Å². The normalized spacial score (nSPS) is 10.6. The van der Waals surface area contributed by atoms with Crippen molar-refractivity contribution in [3.05, 3.63) is 11.6 Å². The summed E-state index contributed by atoms with van der Waals surface area (Å²) < 4.78 is 0. The number of carboxylic acid groups (broad SMARTS) is 1. The fourth-order valence-electron chi connectivity index (χ4n) is 0.564. The van der Waals surface area contributed by atoms with Gasteiger partial charge in [-0.2, -0.15) is 5.26 Å². The van der Waals surface area contributed by atoms with Gasteiger partial charge in [0, 0.05) is 6.08 Å². The molecule has 0 aromatic carbocycles. The number of nitrogens with zero attached hydrogens (tertiary/aromatic N) is 1. The highest BCUT2D eigenvalue weighted by Gasteiger charge is 1.99. The van der Waals surface area contributed by atoms with Crippen molar-refractivity contribution < 1.29 is 9.90 Å². The Kier molecular flexibility index (Phi) is 3.97. The van der Waals surface area contributed by atoms with Gasteiger partial charge in [-0.05, 0) is 12.0 Å². The van der Waals surface area contributed by atoms with Crippen LogP contribution in [0.3, 0.4) is 0 Å². The topological polar surface area (TPSA) is 61.1 Å². The van der Waals surface area contributed by atoms with Crippen LogP contribution in [0.15, 0.2) is 11.6 Å². The highest BCUT2D eigenvalue weighted by molar-refractivity contribution is 5.70. The lowest BCUT2D eigenvalue weighted by atomic mass is 10.1. The molecule has 3 heteroatoms. The number of hydrogen-bond donors (Lipinski definition) is 1. The molecule has 0 radical (unpaired) electrons. The van der Waals surface area contributed by atoms with Crippen molar-refractivity contribution in [1.29, 1.82) is 5.26 Å². The summed E-state index contributed by atoms with van der Waals surface area (Å²) in [5.74, 6) is -0.886. The lowest BCUT2D eigenvalue weighted by molar-refractivity contribution is -0.136. The molecule has 0 aromatic rings. The van der Waals surface area contributed by atoms with Gasteiger partial charge in [-0.3, -0.25) is 4.79 Å². The third kappa shape index (κ3) is 3.67. The number of hydrogen-bond acceptors (Lipinski definition) is 2. The maximum atomic E-state index is 10.1. The van der Waals surface area contributed by atoms with E-state index in [1.54, 1.807) is 6.07 Å². The zero-order chi connectivity index (χ0) is 7.98. The van der Waals surface area contributed by atoms with Crippen LogP contribution in [0.2, 0.25) is 0 Å². The Morgan fingerprint density at radius 1 is 1.80 bits per heavy atom. The van der Waals surface area contributed by atoms with Crippen LogP contribution in [-0.4, -0.2) is 11.1 Å². The lowest BCUT2D eigenvalue weighted by Gasteiger charge is -1.94. The van der Waals surface area contributed by atoms with Crippen LogP contribution < -0.4 is 0 Å². The number of nitriles is 1. The molecule has 0 heterocycles. The van der Waals surface area contributed by atoms with E-state index in [9.17, 15) is 4.79 Å². The van der Waals surface area contributed by atoms with Crippen molar-refractivity contribution in [2.75, 3.05) is 0 Å². The van der Waals surface area contributed by atoms with Crippen molar-refractivity contribution in [2.24, 2.45) is 0 Å². The first-order valence-corrected chi connectivity index (χ1v) is 3.00. The van der Waals surface area contributed by atoms with Crippen LogP contribution in [0.1, 0.15) is 19.8 Å². The number of carboxylic acids is 1. The monoisotopic (exact) mass is 139 g/mol. The summed E-state index contributed by atoms with van der Waals surface area (Å²) in [4.78, 5) is 10.1. The van der Waals surface area contributed by atoms with E-state index in [2.05, 4.69) is 0 Å². The van der Waals surface area contributed by atoms with Crippen molar-refractivity contribution in [3.8, 4) is 6.07 Å². The summed E-state index contributed by atoms with van der Waals surface area (Å²) in [6, 6.07) is 1.80. The van der Waals surface area contributed by atoms with Gasteiger partial charge in [0.1, 0.15) is 0 Å². The molecule has 0 fully saturated rings. The van der Waals surface area contributed by atoms with Gasteiger partial charge in [0.15, 0.2) is 0 Å². The Bertz CT molecular complexity index is 188. The molecule has 10 heavy (non-hydrogen) atoms. The van der Waals surface area contributed by atoms with Gasteiger partial charge < -0.3 is 5.11 Å². The van der Waals surface area contributed by atoms with Gasteiger partial charge in [-0.25, -0.2) is 0 Å². The van der Waals surface area contributed by atoms with E-state index in [-0.39, 0.29) is 6.42 Å². The Balaban J connectivity index is 3.99. The minimum absolute atomic E-state index is 0.0238. The molecular weight excluding hydrogens is 130 g/mol. The maximum Gasteiger partial charge on any atom is 0.307 e. The Morgan fingerprint density at radius 3 is 2.70 bits per heavy atom. The van der Waals surface area contributed by atoms with Crippen molar-refractivity contribution >= 4 is 5.97 Å². The first-order chi connectivity index (χ1) is 4.70. The molecule has 54 valence electrons. The van der Waals surface area contributed by atoms with Crippen molar-refractivity contribution in [3.63, 3.8) is 0 Å². The van der Waals surface area contributed by atoms with Crippen LogP contribution in [0.5, 0.6) is 0 Å². The Morgan fingerprint density at radius 2 is 2.40 bits per heavy atom. The van der Waals surface area contributed by atoms with Gasteiger partial charge in [0.25, 0.3) is 0 Å². The molecule has 0 aromatic heterocycles. The van der Waals surface area contributed by atoms with Gasteiger partial charge in [0.05, 0.1) is 12.5 Å². The molecule has 0 saturated carbocycles. The van der Waals surface area contributed by atoms with E-state index in [0.717, 1.165) is 0 Å². The van der Waals surface area contributed by atoms with E-state index in [4.69, 9.17) is 10.4 Å². The first-order valence-electron chi connectivity index (χ1n) is 3.00. The van der Waals surface area contributed by atoms with Crippen LogP contribution in [-0.2, 0) is 4.79 Å².